The first-order chi connectivity index (χ1) is 8.74. The lowest BCUT2D eigenvalue weighted by Crippen LogP contribution is -1.98. The van der Waals surface area contributed by atoms with Gasteiger partial charge in [-0.05, 0) is 12.5 Å². The Morgan fingerprint density at radius 1 is 1.22 bits per heavy atom. The van der Waals surface area contributed by atoms with Crippen LogP contribution in [0.4, 0.5) is 5.82 Å². The molecule has 0 aliphatic heterocycles. The number of benzene rings is 1. The molecule has 0 unspecified atom stereocenters. The predicted molar refractivity (Wildman–Crippen MR) is 73.1 cm³/mol. The van der Waals surface area contributed by atoms with Gasteiger partial charge in [0.2, 0.25) is 0 Å². The van der Waals surface area contributed by atoms with Crippen molar-refractivity contribution in [1.29, 1.82) is 0 Å². The van der Waals surface area contributed by atoms with Crippen LogP contribution in [-0.2, 0) is 11.3 Å². The second kappa shape index (κ2) is 6.37. The maximum atomic E-state index is 5.65. The summed E-state index contributed by atoms with van der Waals surface area (Å²) in [5.74, 6) is 1.01. The summed E-state index contributed by atoms with van der Waals surface area (Å²) in [6.45, 7) is 2.49. The Balaban J connectivity index is 1.78. The topological polar surface area (TPSA) is 61.0 Å². The minimum absolute atomic E-state index is 0.494. The van der Waals surface area contributed by atoms with Crippen molar-refractivity contribution in [3.63, 3.8) is 0 Å². The Kier molecular flexibility index (Phi) is 4.55. The second-order valence-electron chi connectivity index (χ2n) is 3.81. The number of aromatic nitrogens is 2. The lowest BCUT2D eigenvalue weighted by molar-refractivity contribution is 0.169. The lowest BCUT2D eigenvalue weighted by atomic mass is 10.2. The van der Waals surface area contributed by atoms with Gasteiger partial charge in [0.25, 0.3) is 0 Å². The molecule has 0 radical (unpaired) electrons. The average molecular weight is 261 g/mol. The predicted octanol–water partition coefficient (Wildman–Crippen LogP) is 2.63. The summed E-state index contributed by atoms with van der Waals surface area (Å²) >= 11 is 1.44. The molecule has 1 heterocycles. The molecule has 0 spiro atoms. The fraction of sp³-hybridized carbons (Fsp3) is 0.231. The number of aryl methyl sites for hydroxylation is 1. The van der Waals surface area contributed by atoms with E-state index in [4.69, 9.17) is 10.5 Å². The molecule has 0 saturated heterocycles. The van der Waals surface area contributed by atoms with E-state index < -0.39 is 0 Å². The number of ether oxygens (including phenoxy) is 1. The molecule has 2 aromatic rings. The average Bonchev–Trinajstić information content (AvgIpc) is 2.35. The zero-order chi connectivity index (χ0) is 12.8. The standard InChI is InChI=1S/C13H15N3OS/c1-10-7-12(14)16-13(15-10)18-9-17-8-11-5-3-2-4-6-11/h2-7H,8-9H2,1H3,(H2,14,15,16). The second-order valence-corrected chi connectivity index (χ2v) is 4.70. The number of nitrogen functional groups attached to an aromatic ring is 1. The highest BCUT2D eigenvalue weighted by molar-refractivity contribution is 7.99. The molecule has 0 fully saturated rings. The van der Waals surface area contributed by atoms with E-state index in [1.807, 2.05) is 37.3 Å². The number of nitrogens with two attached hydrogens (primary N) is 1. The molecular weight excluding hydrogens is 246 g/mol. The van der Waals surface area contributed by atoms with Crippen molar-refractivity contribution < 1.29 is 4.74 Å². The molecule has 5 heteroatoms. The van der Waals surface area contributed by atoms with E-state index in [9.17, 15) is 0 Å². The summed E-state index contributed by atoms with van der Waals surface area (Å²) in [6, 6.07) is 11.8. The van der Waals surface area contributed by atoms with Crippen molar-refractivity contribution in [3.8, 4) is 0 Å². The Hall–Kier alpha value is -1.59. The van der Waals surface area contributed by atoms with Gasteiger partial charge in [-0.3, -0.25) is 0 Å². The first-order valence-electron chi connectivity index (χ1n) is 5.59. The Labute approximate surface area is 111 Å². The van der Waals surface area contributed by atoms with Crippen LogP contribution >= 0.6 is 11.8 Å². The van der Waals surface area contributed by atoms with E-state index in [0.29, 0.717) is 23.5 Å². The number of rotatable bonds is 5. The van der Waals surface area contributed by atoms with Crippen LogP contribution in [0, 0.1) is 6.92 Å². The molecule has 0 bridgehead atoms. The van der Waals surface area contributed by atoms with Crippen LogP contribution in [0.15, 0.2) is 41.6 Å². The third-order valence-electron chi connectivity index (χ3n) is 2.24. The van der Waals surface area contributed by atoms with E-state index in [0.717, 1.165) is 11.3 Å². The molecule has 18 heavy (non-hydrogen) atoms. The monoisotopic (exact) mass is 261 g/mol. The molecule has 0 aliphatic rings. The van der Waals surface area contributed by atoms with E-state index in [1.165, 1.54) is 11.8 Å². The number of thioether (sulfide) groups is 1. The van der Waals surface area contributed by atoms with Crippen molar-refractivity contribution in [3.05, 3.63) is 47.7 Å². The van der Waals surface area contributed by atoms with Gasteiger partial charge in [-0.15, -0.1) is 0 Å². The maximum Gasteiger partial charge on any atom is 0.191 e. The van der Waals surface area contributed by atoms with Crippen LogP contribution in [0.2, 0.25) is 0 Å². The molecule has 1 aromatic heterocycles. The number of hydrogen-bond donors (Lipinski definition) is 1. The lowest BCUT2D eigenvalue weighted by Gasteiger charge is -2.04. The van der Waals surface area contributed by atoms with Crippen LogP contribution in [0.1, 0.15) is 11.3 Å². The van der Waals surface area contributed by atoms with Gasteiger partial charge >= 0.3 is 0 Å². The van der Waals surface area contributed by atoms with Gasteiger partial charge < -0.3 is 10.5 Å². The fourth-order valence-corrected chi connectivity index (χ4v) is 2.11. The third-order valence-corrected chi connectivity index (χ3v) is 2.96. The van der Waals surface area contributed by atoms with Crippen LogP contribution in [-0.4, -0.2) is 15.9 Å². The zero-order valence-electron chi connectivity index (χ0n) is 10.2. The highest BCUT2D eigenvalue weighted by Gasteiger charge is 2.01. The Bertz CT molecular complexity index is 485. The zero-order valence-corrected chi connectivity index (χ0v) is 11.0. The molecule has 4 nitrogen and oxygen atoms in total. The summed E-state index contributed by atoms with van der Waals surface area (Å²) in [6.07, 6.45) is 0. The highest BCUT2D eigenvalue weighted by atomic mass is 32.2. The van der Waals surface area contributed by atoms with E-state index in [-0.39, 0.29) is 0 Å². The smallest absolute Gasteiger partial charge is 0.191 e. The van der Waals surface area contributed by atoms with Gasteiger partial charge in [-0.25, -0.2) is 9.97 Å². The summed E-state index contributed by atoms with van der Waals surface area (Å²) in [4.78, 5) is 8.40. The maximum absolute atomic E-state index is 5.65. The van der Waals surface area contributed by atoms with Gasteiger partial charge in [-0.1, -0.05) is 42.1 Å². The molecule has 0 amide bonds. The van der Waals surface area contributed by atoms with Gasteiger partial charge in [0.15, 0.2) is 5.16 Å². The molecule has 1 aromatic carbocycles. The molecule has 2 N–H and O–H groups in total. The molecular formula is C13H15N3OS. The van der Waals surface area contributed by atoms with Crippen molar-refractivity contribution in [2.24, 2.45) is 0 Å². The minimum Gasteiger partial charge on any atom is -0.384 e. The quantitative estimate of drug-likeness (QED) is 0.388. The normalized spacial score (nSPS) is 10.5. The van der Waals surface area contributed by atoms with Crippen molar-refractivity contribution in [1.82, 2.24) is 9.97 Å². The number of anilines is 1. The van der Waals surface area contributed by atoms with Crippen LogP contribution < -0.4 is 5.73 Å². The van der Waals surface area contributed by atoms with Gasteiger partial charge in [0, 0.05) is 11.8 Å². The SMILES string of the molecule is Cc1cc(N)nc(SCOCc2ccccc2)n1. The molecule has 94 valence electrons. The first kappa shape index (κ1) is 12.9. The van der Waals surface area contributed by atoms with Crippen LogP contribution in [0.25, 0.3) is 0 Å². The molecule has 2 rings (SSSR count). The number of nitrogens with zero attached hydrogens (tertiary/aromatic N) is 2. The Morgan fingerprint density at radius 3 is 2.72 bits per heavy atom. The minimum atomic E-state index is 0.494. The van der Waals surface area contributed by atoms with E-state index in [2.05, 4.69) is 9.97 Å². The summed E-state index contributed by atoms with van der Waals surface area (Å²) in [5, 5.41) is 0.653. The van der Waals surface area contributed by atoms with Gasteiger partial charge in [0.05, 0.1) is 6.61 Å². The summed E-state index contributed by atoms with van der Waals surface area (Å²) < 4.78 is 5.55. The van der Waals surface area contributed by atoms with Crippen LogP contribution in [0.3, 0.4) is 0 Å². The van der Waals surface area contributed by atoms with Crippen molar-refractivity contribution >= 4 is 17.6 Å². The van der Waals surface area contributed by atoms with Gasteiger partial charge in [-0.2, -0.15) is 0 Å². The fourth-order valence-electron chi connectivity index (χ4n) is 1.46. The highest BCUT2D eigenvalue weighted by Crippen LogP contribution is 2.15. The largest absolute Gasteiger partial charge is 0.384 e. The van der Waals surface area contributed by atoms with Crippen LogP contribution in [0.5, 0.6) is 0 Å². The van der Waals surface area contributed by atoms with E-state index >= 15 is 0 Å². The van der Waals surface area contributed by atoms with Gasteiger partial charge in [0.1, 0.15) is 11.8 Å². The first-order valence-corrected chi connectivity index (χ1v) is 6.58. The molecule has 0 aliphatic carbocycles. The summed E-state index contributed by atoms with van der Waals surface area (Å²) in [7, 11) is 0. The van der Waals surface area contributed by atoms with E-state index in [1.54, 1.807) is 6.07 Å². The molecule has 0 atom stereocenters. The molecule has 0 saturated carbocycles. The summed E-state index contributed by atoms with van der Waals surface area (Å²) in [5.41, 5.74) is 7.67. The van der Waals surface area contributed by atoms with Crippen molar-refractivity contribution in [2.45, 2.75) is 18.7 Å². The van der Waals surface area contributed by atoms with Crippen molar-refractivity contribution in [2.75, 3.05) is 11.7 Å². The third kappa shape index (κ3) is 4.01. The Morgan fingerprint density at radius 2 is 2.00 bits per heavy atom. The number of hydrogen-bond acceptors (Lipinski definition) is 5.